The molecule has 0 radical (unpaired) electrons. The van der Waals surface area contributed by atoms with Crippen LogP contribution >= 0.6 is 0 Å². The molecule has 0 atom stereocenters. The zero-order valence-corrected chi connectivity index (χ0v) is 28.8. The van der Waals surface area contributed by atoms with E-state index in [2.05, 4.69) is 187 Å². The van der Waals surface area contributed by atoms with Crippen LogP contribution in [0.3, 0.4) is 0 Å². The summed E-state index contributed by atoms with van der Waals surface area (Å²) in [6, 6.07) is 68.1. The highest BCUT2D eigenvalue weighted by atomic mass is 15.2. The minimum Gasteiger partial charge on any atom is -0.278 e. The number of nitrogens with zero attached hydrogens (tertiary/aromatic N) is 4. The van der Waals surface area contributed by atoms with E-state index in [1.165, 1.54) is 21.7 Å². The van der Waals surface area contributed by atoms with Gasteiger partial charge >= 0.3 is 0 Å². The third-order valence-electron chi connectivity index (χ3n) is 10.0. The molecule has 2 aromatic heterocycles. The van der Waals surface area contributed by atoms with Gasteiger partial charge < -0.3 is 0 Å². The van der Waals surface area contributed by atoms with E-state index in [0.717, 1.165) is 55.4 Å². The van der Waals surface area contributed by atoms with Crippen LogP contribution in [0.4, 0.5) is 0 Å². The fraction of sp³-hybridized carbons (Fsp3) is 0. The molecule has 0 saturated carbocycles. The summed E-state index contributed by atoms with van der Waals surface area (Å²) in [6.45, 7) is 0. The van der Waals surface area contributed by atoms with Crippen molar-refractivity contribution in [1.82, 2.24) is 19.5 Å². The summed E-state index contributed by atoms with van der Waals surface area (Å²) in [7, 11) is 0. The molecule has 0 bridgehead atoms. The standard InChI is InChI=1S/C49H32N4/c1-4-14-33(15-5-1)37-21-12-23-40(30-37)47-50-48(41-24-13-22-38(31-41)34-16-6-2-7-17-34)52-49(51-47)53-44-28-27-39(35-18-8-3-9-19-35)32-43(44)46-42-25-11-10-20-36(42)26-29-45(46)53/h1-32H. The van der Waals surface area contributed by atoms with E-state index in [-0.39, 0.29) is 0 Å². The lowest BCUT2D eigenvalue weighted by Gasteiger charge is -2.12. The Bertz CT molecular complexity index is 2830. The minimum absolute atomic E-state index is 0.572. The molecule has 53 heavy (non-hydrogen) atoms. The maximum Gasteiger partial charge on any atom is 0.238 e. The summed E-state index contributed by atoms with van der Waals surface area (Å²) >= 11 is 0. The molecule has 0 fully saturated rings. The largest absolute Gasteiger partial charge is 0.278 e. The number of rotatable bonds is 6. The molecule has 10 rings (SSSR count). The highest BCUT2D eigenvalue weighted by Gasteiger charge is 2.20. The molecule has 4 nitrogen and oxygen atoms in total. The molecule has 4 heteroatoms. The van der Waals surface area contributed by atoms with Gasteiger partial charge in [-0.2, -0.15) is 9.97 Å². The smallest absolute Gasteiger partial charge is 0.238 e. The van der Waals surface area contributed by atoms with Crippen LogP contribution in [0.15, 0.2) is 194 Å². The second-order valence-corrected chi connectivity index (χ2v) is 13.3. The Morgan fingerprint density at radius 3 is 1.36 bits per heavy atom. The Balaban J connectivity index is 1.25. The minimum atomic E-state index is 0.572. The van der Waals surface area contributed by atoms with Crippen LogP contribution in [0.25, 0.3) is 94.7 Å². The van der Waals surface area contributed by atoms with Crippen molar-refractivity contribution in [1.29, 1.82) is 0 Å². The van der Waals surface area contributed by atoms with Gasteiger partial charge in [0.15, 0.2) is 11.6 Å². The van der Waals surface area contributed by atoms with Crippen molar-refractivity contribution in [2.75, 3.05) is 0 Å². The van der Waals surface area contributed by atoms with Crippen molar-refractivity contribution in [3.63, 3.8) is 0 Å². The van der Waals surface area contributed by atoms with Crippen LogP contribution in [-0.4, -0.2) is 19.5 Å². The lowest BCUT2D eigenvalue weighted by atomic mass is 10.0. The van der Waals surface area contributed by atoms with E-state index >= 15 is 0 Å². The number of fused-ring (bicyclic) bond motifs is 5. The summed E-state index contributed by atoms with van der Waals surface area (Å²) in [5, 5.41) is 4.71. The van der Waals surface area contributed by atoms with Crippen LogP contribution in [0.5, 0.6) is 0 Å². The lowest BCUT2D eigenvalue weighted by Crippen LogP contribution is -2.06. The van der Waals surface area contributed by atoms with E-state index in [0.29, 0.717) is 17.6 Å². The van der Waals surface area contributed by atoms with Gasteiger partial charge in [0.2, 0.25) is 5.95 Å². The maximum atomic E-state index is 5.29. The molecule has 8 aromatic carbocycles. The number of aromatic nitrogens is 4. The Hall–Kier alpha value is -7.17. The zero-order valence-electron chi connectivity index (χ0n) is 28.8. The van der Waals surface area contributed by atoms with Gasteiger partial charge in [0.25, 0.3) is 0 Å². The van der Waals surface area contributed by atoms with Crippen LogP contribution in [0, 0.1) is 0 Å². The van der Waals surface area contributed by atoms with E-state index in [1.54, 1.807) is 0 Å². The van der Waals surface area contributed by atoms with E-state index in [9.17, 15) is 0 Å². The highest BCUT2D eigenvalue weighted by molar-refractivity contribution is 6.21. The summed E-state index contributed by atoms with van der Waals surface area (Å²) in [5.74, 6) is 1.80. The number of benzene rings is 8. The van der Waals surface area contributed by atoms with Crippen LogP contribution in [-0.2, 0) is 0 Å². The van der Waals surface area contributed by atoms with Gasteiger partial charge in [0, 0.05) is 21.9 Å². The first kappa shape index (κ1) is 30.6. The fourth-order valence-corrected chi connectivity index (χ4v) is 7.48. The van der Waals surface area contributed by atoms with Gasteiger partial charge in [0.1, 0.15) is 0 Å². The molecule has 0 spiro atoms. The maximum absolute atomic E-state index is 5.29. The first-order valence-electron chi connectivity index (χ1n) is 17.9. The average Bonchev–Trinajstić information content (AvgIpc) is 3.59. The average molecular weight is 677 g/mol. The van der Waals surface area contributed by atoms with Gasteiger partial charge in [-0.15, -0.1) is 0 Å². The van der Waals surface area contributed by atoms with Crippen molar-refractivity contribution < 1.29 is 0 Å². The van der Waals surface area contributed by atoms with Crippen molar-refractivity contribution in [3.8, 4) is 62.1 Å². The molecule has 248 valence electrons. The molecular formula is C49H32N4. The Morgan fingerprint density at radius 1 is 0.302 bits per heavy atom. The van der Waals surface area contributed by atoms with Gasteiger partial charge in [-0.1, -0.05) is 164 Å². The molecule has 0 unspecified atom stereocenters. The summed E-state index contributed by atoms with van der Waals surface area (Å²) in [4.78, 5) is 15.8. The molecule has 0 amide bonds. The number of hydrogen-bond acceptors (Lipinski definition) is 3. The molecular weight excluding hydrogens is 645 g/mol. The van der Waals surface area contributed by atoms with Gasteiger partial charge in [-0.25, -0.2) is 4.98 Å². The second-order valence-electron chi connectivity index (χ2n) is 13.3. The topological polar surface area (TPSA) is 43.6 Å². The van der Waals surface area contributed by atoms with Crippen LogP contribution < -0.4 is 0 Å². The molecule has 0 N–H and O–H groups in total. The van der Waals surface area contributed by atoms with Crippen molar-refractivity contribution in [2.24, 2.45) is 0 Å². The van der Waals surface area contributed by atoms with E-state index in [4.69, 9.17) is 15.0 Å². The molecule has 0 saturated heterocycles. The molecule has 0 aliphatic rings. The monoisotopic (exact) mass is 676 g/mol. The summed E-state index contributed by atoms with van der Waals surface area (Å²) in [6.07, 6.45) is 0. The Morgan fingerprint density at radius 2 is 0.774 bits per heavy atom. The second kappa shape index (κ2) is 12.9. The third kappa shape index (κ3) is 5.54. The predicted octanol–water partition coefficient (Wildman–Crippen LogP) is 12.5. The van der Waals surface area contributed by atoms with Crippen LogP contribution in [0.2, 0.25) is 0 Å². The zero-order chi connectivity index (χ0) is 35.1. The Labute approximate surface area is 307 Å². The molecule has 2 heterocycles. The van der Waals surface area contributed by atoms with E-state index < -0.39 is 0 Å². The van der Waals surface area contributed by atoms with Crippen molar-refractivity contribution in [3.05, 3.63) is 194 Å². The fourth-order valence-electron chi connectivity index (χ4n) is 7.48. The SMILES string of the molecule is c1ccc(-c2cccc(-c3nc(-c4cccc(-c5ccccc5)c4)nc(-n4c5ccc(-c6ccccc6)cc5c5c6ccccc6ccc54)n3)c2)cc1. The van der Waals surface area contributed by atoms with E-state index in [1.807, 2.05) is 12.1 Å². The molecule has 0 aliphatic carbocycles. The quantitative estimate of drug-likeness (QED) is 0.176. The predicted molar refractivity (Wildman–Crippen MR) is 219 cm³/mol. The van der Waals surface area contributed by atoms with Crippen molar-refractivity contribution >= 4 is 32.6 Å². The molecule has 0 aliphatic heterocycles. The first-order valence-corrected chi connectivity index (χ1v) is 17.9. The third-order valence-corrected chi connectivity index (χ3v) is 10.0. The van der Waals surface area contributed by atoms with Gasteiger partial charge in [-0.05, 0) is 74.5 Å². The number of hydrogen-bond donors (Lipinski definition) is 0. The first-order chi connectivity index (χ1) is 26.3. The molecule has 10 aromatic rings. The normalized spacial score (nSPS) is 11.4. The summed E-state index contributed by atoms with van der Waals surface area (Å²) in [5.41, 5.74) is 10.8. The highest BCUT2D eigenvalue weighted by Crippen LogP contribution is 2.39. The Kier molecular flexibility index (Phi) is 7.43. The lowest BCUT2D eigenvalue weighted by molar-refractivity contribution is 0.954. The van der Waals surface area contributed by atoms with Gasteiger partial charge in [-0.3, -0.25) is 4.57 Å². The van der Waals surface area contributed by atoms with Crippen LogP contribution in [0.1, 0.15) is 0 Å². The van der Waals surface area contributed by atoms with Crippen molar-refractivity contribution in [2.45, 2.75) is 0 Å². The van der Waals surface area contributed by atoms with Gasteiger partial charge in [0.05, 0.1) is 11.0 Å². The summed E-state index contributed by atoms with van der Waals surface area (Å²) < 4.78 is 2.21.